The van der Waals surface area contributed by atoms with Gasteiger partial charge in [-0.15, -0.1) is 0 Å². The van der Waals surface area contributed by atoms with Crippen molar-refractivity contribution in [3.63, 3.8) is 0 Å². The topological polar surface area (TPSA) is 44.4 Å². The van der Waals surface area contributed by atoms with Crippen molar-refractivity contribution in [1.29, 1.82) is 0 Å². The highest BCUT2D eigenvalue weighted by Crippen LogP contribution is 2.16. The molecule has 1 aliphatic rings. The van der Waals surface area contributed by atoms with Crippen LogP contribution in [0.4, 0.5) is 14.9 Å². The van der Waals surface area contributed by atoms with E-state index in [1.165, 1.54) is 12.1 Å². The SMILES string of the molecule is CCN1CCC(CNC(=O)Nc2cccc(F)c2)CC1. The van der Waals surface area contributed by atoms with Crippen molar-refractivity contribution in [2.45, 2.75) is 19.8 Å². The number of hydrogen-bond acceptors (Lipinski definition) is 2. The smallest absolute Gasteiger partial charge is 0.319 e. The Morgan fingerprint density at radius 1 is 1.40 bits per heavy atom. The Kier molecular flexibility index (Phi) is 5.35. The Morgan fingerprint density at radius 2 is 2.15 bits per heavy atom. The first-order valence-corrected chi connectivity index (χ1v) is 7.20. The highest BCUT2D eigenvalue weighted by molar-refractivity contribution is 5.89. The Hall–Kier alpha value is -1.62. The van der Waals surface area contributed by atoms with Gasteiger partial charge in [0.2, 0.25) is 0 Å². The first kappa shape index (κ1) is 14.8. The summed E-state index contributed by atoms with van der Waals surface area (Å²) in [4.78, 5) is 14.2. The van der Waals surface area contributed by atoms with Gasteiger partial charge in [-0.05, 0) is 56.6 Å². The van der Waals surface area contributed by atoms with E-state index in [2.05, 4.69) is 22.5 Å². The predicted octanol–water partition coefficient (Wildman–Crippen LogP) is 2.68. The van der Waals surface area contributed by atoms with Gasteiger partial charge in [0.15, 0.2) is 0 Å². The van der Waals surface area contributed by atoms with E-state index in [4.69, 9.17) is 0 Å². The number of rotatable bonds is 4. The molecule has 4 nitrogen and oxygen atoms in total. The molecule has 1 aliphatic heterocycles. The second kappa shape index (κ2) is 7.24. The first-order valence-electron chi connectivity index (χ1n) is 7.20. The van der Waals surface area contributed by atoms with Gasteiger partial charge >= 0.3 is 6.03 Å². The zero-order chi connectivity index (χ0) is 14.4. The number of urea groups is 1. The summed E-state index contributed by atoms with van der Waals surface area (Å²) in [5.74, 6) is 0.186. The van der Waals surface area contributed by atoms with E-state index in [-0.39, 0.29) is 11.8 Å². The summed E-state index contributed by atoms with van der Waals surface area (Å²) in [7, 11) is 0. The number of carbonyl (C=O) groups excluding carboxylic acids is 1. The number of piperidine rings is 1. The molecule has 1 fully saturated rings. The maximum absolute atomic E-state index is 13.0. The van der Waals surface area contributed by atoms with Crippen LogP contribution in [0.3, 0.4) is 0 Å². The van der Waals surface area contributed by atoms with Gasteiger partial charge in [0.1, 0.15) is 5.82 Å². The quantitative estimate of drug-likeness (QED) is 0.890. The van der Waals surface area contributed by atoms with Gasteiger partial charge in [0.05, 0.1) is 0 Å². The Balaban J connectivity index is 1.70. The lowest BCUT2D eigenvalue weighted by Gasteiger charge is -2.31. The molecule has 0 radical (unpaired) electrons. The van der Waals surface area contributed by atoms with Crippen molar-refractivity contribution in [3.05, 3.63) is 30.1 Å². The van der Waals surface area contributed by atoms with Crippen molar-refractivity contribution in [2.75, 3.05) is 31.5 Å². The highest BCUT2D eigenvalue weighted by atomic mass is 19.1. The number of nitrogens with zero attached hydrogens (tertiary/aromatic N) is 1. The number of nitrogens with one attached hydrogen (secondary N) is 2. The fraction of sp³-hybridized carbons (Fsp3) is 0.533. The molecule has 2 rings (SSSR count). The number of amides is 2. The van der Waals surface area contributed by atoms with Gasteiger partial charge in [-0.2, -0.15) is 0 Å². The standard InChI is InChI=1S/C15H22FN3O/c1-2-19-8-6-12(7-9-19)11-17-15(20)18-14-5-3-4-13(16)10-14/h3-5,10,12H,2,6-9,11H2,1H3,(H2,17,18,20). The van der Waals surface area contributed by atoms with Gasteiger partial charge in [-0.1, -0.05) is 13.0 Å². The van der Waals surface area contributed by atoms with Crippen LogP contribution in [0.25, 0.3) is 0 Å². The van der Waals surface area contributed by atoms with E-state index in [1.54, 1.807) is 12.1 Å². The lowest BCUT2D eigenvalue weighted by molar-refractivity contribution is 0.190. The highest BCUT2D eigenvalue weighted by Gasteiger charge is 2.18. The van der Waals surface area contributed by atoms with E-state index < -0.39 is 0 Å². The minimum absolute atomic E-state index is 0.270. The van der Waals surface area contributed by atoms with Crippen molar-refractivity contribution in [2.24, 2.45) is 5.92 Å². The van der Waals surface area contributed by atoms with E-state index in [0.29, 0.717) is 18.2 Å². The largest absolute Gasteiger partial charge is 0.338 e. The lowest BCUT2D eigenvalue weighted by atomic mass is 9.97. The molecule has 5 heteroatoms. The molecule has 0 saturated carbocycles. The molecule has 0 aromatic heterocycles. The number of carbonyl (C=O) groups is 1. The van der Waals surface area contributed by atoms with E-state index in [9.17, 15) is 9.18 Å². The molecule has 20 heavy (non-hydrogen) atoms. The molecule has 1 saturated heterocycles. The minimum Gasteiger partial charge on any atom is -0.338 e. The molecule has 2 amide bonds. The molecule has 0 spiro atoms. The van der Waals surface area contributed by atoms with Crippen LogP contribution in [0.5, 0.6) is 0 Å². The average molecular weight is 279 g/mol. The molecule has 1 aromatic rings. The maximum atomic E-state index is 13.0. The molecule has 1 aromatic carbocycles. The van der Waals surface area contributed by atoms with Gasteiger partial charge in [0.25, 0.3) is 0 Å². The Labute approximate surface area is 119 Å². The van der Waals surface area contributed by atoms with Crippen molar-refractivity contribution < 1.29 is 9.18 Å². The van der Waals surface area contributed by atoms with E-state index >= 15 is 0 Å². The van der Waals surface area contributed by atoms with Crippen LogP contribution in [0.1, 0.15) is 19.8 Å². The zero-order valence-corrected chi connectivity index (χ0v) is 11.9. The third-order valence-electron chi connectivity index (χ3n) is 3.79. The van der Waals surface area contributed by atoms with Crippen LogP contribution in [0.15, 0.2) is 24.3 Å². The fourth-order valence-electron chi connectivity index (χ4n) is 2.49. The third-order valence-corrected chi connectivity index (χ3v) is 3.79. The summed E-state index contributed by atoms with van der Waals surface area (Å²) in [6.45, 7) is 6.16. The molecule has 0 aliphatic carbocycles. The van der Waals surface area contributed by atoms with Crippen molar-refractivity contribution >= 4 is 11.7 Å². The Bertz CT molecular complexity index is 444. The van der Waals surface area contributed by atoms with Crippen LogP contribution < -0.4 is 10.6 Å². The van der Waals surface area contributed by atoms with Crippen molar-refractivity contribution in [3.8, 4) is 0 Å². The molecular formula is C15H22FN3O. The van der Waals surface area contributed by atoms with E-state index in [0.717, 1.165) is 32.5 Å². The molecule has 0 atom stereocenters. The van der Waals surface area contributed by atoms with Crippen LogP contribution in [-0.2, 0) is 0 Å². The molecule has 110 valence electrons. The zero-order valence-electron chi connectivity index (χ0n) is 11.9. The number of halogens is 1. The summed E-state index contributed by atoms with van der Waals surface area (Å²) < 4.78 is 13.0. The van der Waals surface area contributed by atoms with Crippen LogP contribution in [-0.4, -0.2) is 37.1 Å². The summed E-state index contributed by atoms with van der Waals surface area (Å²) in [5.41, 5.74) is 0.475. The van der Waals surface area contributed by atoms with Gasteiger partial charge in [-0.3, -0.25) is 0 Å². The fourth-order valence-corrected chi connectivity index (χ4v) is 2.49. The summed E-state index contributed by atoms with van der Waals surface area (Å²) in [5, 5.41) is 5.50. The first-order chi connectivity index (χ1) is 9.67. The van der Waals surface area contributed by atoms with Crippen LogP contribution in [0, 0.1) is 11.7 Å². The van der Waals surface area contributed by atoms with Gasteiger partial charge in [-0.25, -0.2) is 9.18 Å². The number of benzene rings is 1. The summed E-state index contributed by atoms with van der Waals surface area (Å²) in [6, 6.07) is 5.63. The maximum Gasteiger partial charge on any atom is 0.319 e. The number of likely N-dealkylation sites (tertiary alicyclic amines) is 1. The van der Waals surface area contributed by atoms with Crippen LogP contribution >= 0.6 is 0 Å². The minimum atomic E-state index is -0.352. The van der Waals surface area contributed by atoms with Crippen LogP contribution in [0.2, 0.25) is 0 Å². The average Bonchev–Trinajstić information content (AvgIpc) is 2.46. The van der Waals surface area contributed by atoms with Crippen molar-refractivity contribution in [1.82, 2.24) is 10.2 Å². The van der Waals surface area contributed by atoms with Gasteiger partial charge in [0, 0.05) is 12.2 Å². The third kappa shape index (κ3) is 4.49. The number of anilines is 1. The van der Waals surface area contributed by atoms with E-state index in [1.807, 2.05) is 0 Å². The Morgan fingerprint density at radius 3 is 2.80 bits per heavy atom. The summed E-state index contributed by atoms with van der Waals surface area (Å²) >= 11 is 0. The second-order valence-corrected chi connectivity index (χ2v) is 5.22. The predicted molar refractivity (Wildman–Crippen MR) is 78.3 cm³/mol. The molecular weight excluding hydrogens is 257 g/mol. The monoisotopic (exact) mass is 279 g/mol. The molecule has 1 heterocycles. The normalized spacial score (nSPS) is 16.9. The number of hydrogen-bond donors (Lipinski definition) is 2. The molecule has 0 bridgehead atoms. The van der Waals surface area contributed by atoms with Gasteiger partial charge < -0.3 is 15.5 Å². The lowest BCUT2D eigenvalue weighted by Crippen LogP contribution is -2.39. The second-order valence-electron chi connectivity index (χ2n) is 5.22. The summed E-state index contributed by atoms with van der Waals surface area (Å²) in [6.07, 6.45) is 2.24. The molecule has 0 unspecified atom stereocenters. The molecule has 2 N–H and O–H groups in total.